The number of piperidine rings is 2. The van der Waals surface area contributed by atoms with Gasteiger partial charge in [-0.3, -0.25) is 4.79 Å². The SMILES string of the molecule is Cc1ccnc(N2CCCC(C(=O)N3CCC(CN4CCCC4)CC3)C2)n1. The molecule has 1 aromatic rings. The largest absolute Gasteiger partial charge is 0.342 e. The molecule has 4 heterocycles. The van der Waals surface area contributed by atoms with Gasteiger partial charge in [-0.1, -0.05) is 0 Å². The maximum Gasteiger partial charge on any atom is 0.227 e. The van der Waals surface area contributed by atoms with Crippen LogP contribution < -0.4 is 4.90 Å². The summed E-state index contributed by atoms with van der Waals surface area (Å²) in [6.45, 7) is 9.37. The van der Waals surface area contributed by atoms with E-state index in [2.05, 4.69) is 24.7 Å². The molecule has 1 aromatic heterocycles. The topological polar surface area (TPSA) is 52.6 Å². The molecule has 27 heavy (non-hydrogen) atoms. The Morgan fingerprint density at radius 3 is 2.59 bits per heavy atom. The summed E-state index contributed by atoms with van der Waals surface area (Å²) in [5.41, 5.74) is 0.980. The van der Waals surface area contributed by atoms with Crippen molar-refractivity contribution in [3.05, 3.63) is 18.0 Å². The minimum absolute atomic E-state index is 0.0954. The molecule has 0 aromatic carbocycles. The zero-order valence-electron chi connectivity index (χ0n) is 16.6. The van der Waals surface area contributed by atoms with Gasteiger partial charge in [-0.25, -0.2) is 9.97 Å². The van der Waals surface area contributed by atoms with Crippen LogP contribution >= 0.6 is 0 Å². The third kappa shape index (κ3) is 4.60. The zero-order valence-corrected chi connectivity index (χ0v) is 16.6. The minimum Gasteiger partial charge on any atom is -0.342 e. The standard InChI is InChI=1S/C21H33N5O/c1-17-6-9-22-21(23-17)26-12-4-5-19(16-26)20(27)25-13-7-18(8-14-25)15-24-10-2-3-11-24/h6,9,18-19H,2-5,7-8,10-16H2,1H3. The number of carbonyl (C=O) groups is 1. The van der Waals surface area contributed by atoms with Crippen LogP contribution in [0.4, 0.5) is 5.95 Å². The summed E-state index contributed by atoms with van der Waals surface area (Å²) in [6.07, 6.45) is 8.90. The first kappa shape index (κ1) is 18.7. The predicted molar refractivity (Wildman–Crippen MR) is 107 cm³/mol. The van der Waals surface area contributed by atoms with Crippen LogP contribution in [0.15, 0.2) is 12.3 Å². The average Bonchev–Trinajstić information content (AvgIpc) is 3.21. The Bertz CT molecular complexity index is 637. The first-order valence-electron chi connectivity index (χ1n) is 10.7. The van der Waals surface area contributed by atoms with Gasteiger partial charge in [0.25, 0.3) is 0 Å². The molecule has 6 heteroatoms. The number of anilines is 1. The van der Waals surface area contributed by atoms with Gasteiger partial charge in [-0.05, 0) is 70.5 Å². The van der Waals surface area contributed by atoms with Crippen molar-refractivity contribution in [2.45, 2.75) is 45.4 Å². The molecular formula is C21H33N5O. The molecule has 3 aliphatic rings. The molecule has 3 saturated heterocycles. The molecule has 6 nitrogen and oxygen atoms in total. The van der Waals surface area contributed by atoms with Crippen molar-refractivity contribution in [3.63, 3.8) is 0 Å². The van der Waals surface area contributed by atoms with Gasteiger partial charge in [0.1, 0.15) is 0 Å². The number of aryl methyl sites for hydroxylation is 1. The summed E-state index contributed by atoms with van der Waals surface area (Å²) in [5, 5.41) is 0. The molecule has 1 unspecified atom stereocenters. The number of nitrogens with zero attached hydrogens (tertiary/aromatic N) is 5. The van der Waals surface area contributed by atoms with Crippen LogP contribution in [0.5, 0.6) is 0 Å². The van der Waals surface area contributed by atoms with E-state index in [4.69, 9.17) is 0 Å². The third-order valence-corrected chi connectivity index (χ3v) is 6.48. The summed E-state index contributed by atoms with van der Waals surface area (Å²) < 4.78 is 0. The average molecular weight is 372 g/mol. The summed E-state index contributed by atoms with van der Waals surface area (Å²) in [5.74, 6) is 2.00. The van der Waals surface area contributed by atoms with Gasteiger partial charge in [0, 0.05) is 44.6 Å². The van der Waals surface area contributed by atoms with Crippen molar-refractivity contribution >= 4 is 11.9 Å². The lowest BCUT2D eigenvalue weighted by molar-refractivity contribution is -0.137. The van der Waals surface area contributed by atoms with Gasteiger partial charge in [0.15, 0.2) is 0 Å². The summed E-state index contributed by atoms with van der Waals surface area (Å²) in [6, 6.07) is 1.92. The molecule has 0 N–H and O–H groups in total. The Balaban J connectivity index is 1.29. The minimum atomic E-state index is 0.0954. The van der Waals surface area contributed by atoms with E-state index < -0.39 is 0 Å². The lowest BCUT2D eigenvalue weighted by atomic mass is 9.92. The summed E-state index contributed by atoms with van der Waals surface area (Å²) in [4.78, 5) is 29.0. The maximum atomic E-state index is 13.1. The number of hydrogen-bond acceptors (Lipinski definition) is 5. The van der Waals surface area contributed by atoms with E-state index in [0.717, 1.165) is 56.6 Å². The number of aromatic nitrogens is 2. The molecule has 148 valence electrons. The van der Waals surface area contributed by atoms with E-state index in [1.807, 2.05) is 19.2 Å². The summed E-state index contributed by atoms with van der Waals surface area (Å²) in [7, 11) is 0. The summed E-state index contributed by atoms with van der Waals surface area (Å²) >= 11 is 0. The fourth-order valence-corrected chi connectivity index (χ4v) is 4.87. The molecule has 0 saturated carbocycles. The van der Waals surface area contributed by atoms with Crippen molar-refractivity contribution in [3.8, 4) is 0 Å². The monoisotopic (exact) mass is 371 g/mol. The Morgan fingerprint density at radius 2 is 1.85 bits per heavy atom. The van der Waals surface area contributed by atoms with E-state index in [9.17, 15) is 4.79 Å². The number of rotatable bonds is 4. The molecule has 4 rings (SSSR count). The second-order valence-electron chi connectivity index (χ2n) is 8.56. The Morgan fingerprint density at radius 1 is 1.07 bits per heavy atom. The van der Waals surface area contributed by atoms with E-state index >= 15 is 0 Å². The third-order valence-electron chi connectivity index (χ3n) is 6.48. The van der Waals surface area contributed by atoms with Gasteiger partial charge in [0.05, 0.1) is 5.92 Å². The van der Waals surface area contributed by atoms with Gasteiger partial charge < -0.3 is 14.7 Å². The van der Waals surface area contributed by atoms with Gasteiger partial charge in [-0.15, -0.1) is 0 Å². The molecule has 1 atom stereocenters. The van der Waals surface area contributed by atoms with Crippen LogP contribution in [0.25, 0.3) is 0 Å². The highest BCUT2D eigenvalue weighted by Gasteiger charge is 2.32. The second kappa shape index (κ2) is 8.55. The number of carbonyl (C=O) groups excluding carboxylic acids is 1. The van der Waals surface area contributed by atoms with Crippen molar-refractivity contribution in [1.82, 2.24) is 19.8 Å². The zero-order chi connectivity index (χ0) is 18.6. The van der Waals surface area contributed by atoms with Crippen LogP contribution in [0.2, 0.25) is 0 Å². The Kier molecular flexibility index (Phi) is 5.91. The normalized spacial score (nSPS) is 25.1. The fourth-order valence-electron chi connectivity index (χ4n) is 4.87. The van der Waals surface area contributed by atoms with Crippen LogP contribution in [0.1, 0.15) is 44.2 Å². The van der Waals surface area contributed by atoms with Crippen LogP contribution in [0, 0.1) is 18.8 Å². The highest BCUT2D eigenvalue weighted by molar-refractivity contribution is 5.79. The van der Waals surface area contributed by atoms with Gasteiger partial charge in [-0.2, -0.15) is 0 Å². The molecular weight excluding hydrogens is 338 g/mol. The second-order valence-corrected chi connectivity index (χ2v) is 8.56. The van der Waals surface area contributed by atoms with Crippen LogP contribution in [0.3, 0.4) is 0 Å². The van der Waals surface area contributed by atoms with Gasteiger partial charge in [0.2, 0.25) is 11.9 Å². The van der Waals surface area contributed by atoms with Crippen LogP contribution in [-0.2, 0) is 4.79 Å². The van der Waals surface area contributed by atoms with E-state index in [1.165, 1.54) is 45.3 Å². The van der Waals surface area contributed by atoms with Gasteiger partial charge >= 0.3 is 0 Å². The maximum absolute atomic E-state index is 13.1. The molecule has 3 aliphatic heterocycles. The number of amides is 1. The molecule has 0 radical (unpaired) electrons. The van der Waals surface area contributed by atoms with E-state index in [0.29, 0.717) is 5.91 Å². The molecule has 1 amide bonds. The molecule has 0 bridgehead atoms. The fraction of sp³-hybridized carbons (Fsp3) is 0.762. The van der Waals surface area contributed by atoms with Crippen molar-refractivity contribution in [2.24, 2.45) is 11.8 Å². The highest BCUT2D eigenvalue weighted by atomic mass is 16.2. The molecule has 3 fully saturated rings. The van der Waals surface area contributed by atoms with Crippen molar-refractivity contribution in [2.75, 3.05) is 50.7 Å². The lowest BCUT2D eigenvalue weighted by Gasteiger charge is -2.38. The predicted octanol–water partition coefficient (Wildman–Crippen LogP) is 2.34. The Labute approximate surface area is 162 Å². The van der Waals surface area contributed by atoms with E-state index in [1.54, 1.807) is 0 Å². The lowest BCUT2D eigenvalue weighted by Crippen LogP contribution is -2.48. The molecule has 0 spiro atoms. The Hall–Kier alpha value is -1.69. The smallest absolute Gasteiger partial charge is 0.227 e. The number of hydrogen-bond donors (Lipinski definition) is 0. The quantitative estimate of drug-likeness (QED) is 0.813. The molecule has 0 aliphatic carbocycles. The van der Waals surface area contributed by atoms with E-state index in [-0.39, 0.29) is 5.92 Å². The van der Waals surface area contributed by atoms with Crippen molar-refractivity contribution < 1.29 is 4.79 Å². The first-order valence-corrected chi connectivity index (χ1v) is 10.7. The van der Waals surface area contributed by atoms with Crippen molar-refractivity contribution in [1.29, 1.82) is 0 Å². The highest BCUT2D eigenvalue weighted by Crippen LogP contribution is 2.26. The first-order chi connectivity index (χ1) is 13.2. The van der Waals surface area contributed by atoms with Crippen LogP contribution in [-0.4, -0.2) is 71.5 Å². The number of likely N-dealkylation sites (tertiary alicyclic amines) is 2.